The van der Waals surface area contributed by atoms with E-state index in [2.05, 4.69) is 10.4 Å². The summed E-state index contributed by atoms with van der Waals surface area (Å²) in [7, 11) is 0. The van der Waals surface area contributed by atoms with E-state index >= 15 is 0 Å². The van der Waals surface area contributed by atoms with Crippen molar-refractivity contribution >= 4 is 11.9 Å². The number of nitrogens with zero attached hydrogens (tertiary/aromatic N) is 2. The second-order valence-corrected chi connectivity index (χ2v) is 5.42. The third-order valence-electron chi connectivity index (χ3n) is 3.20. The Labute approximate surface area is 119 Å². The van der Waals surface area contributed by atoms with Gasteiger partial charge in [-0.15, -0.1) is 0 Å². The molecule has 0 fully saturated rings. The van der Waals surface area contributed by atoms with Crippen LogP contribution in [-0.4, -0.2) is 32.8 Å². The van der Waals surface area contributed by atoms with Crippen LogP contribution in [0.4, 0.5) is 0 Å². The quantitative estimate of drug-likeness (QED) is 0.793. The van der Waals surface area contributed by atoms with E-state index in [9.17, 15) is 9.59 Å². The number of rotatable bonds is 7. The Bertz CT molecular complexity index is 480. The third kappa shape index (κ3) is 5.03. The Balaban J connectivity index is 2.49. The standard InChI is InChI=1S/C14H23N3O3/c1-9(2)12(8-14(19)20)15-13(18)5-6-17-11(4)7-10(3)16-17/h7,9,12H,5-6,8H2,1-4H3,(H,15,18)(H,19,20). The first-order valence-electron chi connectivity index (χ1n) is 6.81. The van der Waals surface area contributed by atoms with E-state index in [0.717, 1.165) is 11.4 Å². The van der Waals surface area contributed by atoms with Crippen LogP contribution in [0.2, 0.25) is 0 Å². The molecule has 1 amide bonds. The molecule has 20 heavy (non-hydrogen) atoms. The Kier molecular flexibility index (Phi) is 5.73. The number of amides is 1. The minimum absolute atomic E-state index is 0.0523. The molecular formula is C14H23N3O3. The second kappa shape index (κ2) is 7.07. The molecule has 0 aliphatic carbocycles. The maximum atomic E-state index is 11.9. The first kappa shape index (κ1) is 16.2. The van der Waals surface area contributed by atoms with E-state index in [1.165, 1.54) is 0 Å². The van der Waals surface area contributed by atoms with Crippen molar-refractivity contribution < 1.29 is 14.7 Å². The van der Waals surface area contributed by atoms with Crippen LogP contribution in [0.3, 0.4) is 0 Å². The first-order chi connectivity index (χ1) is 9.29. The van der Waals surface area contributed by atoms with Crippen molar-refractivity contribution in [3.05, 3.63) is 17.5 Å². The summed E-state index contributed by atoms with van der Waals surface area (Å²) in [6, 6.07) is 1.62. The summed E-state index contributed by atoms with van der Waals surface area (Å²) in [6.07, 6.45) is 0.244. The van der Waals surface area contributed by atoms with E-state index in [-0.39, 0.29) is 24.3 Å². The summed E-state index contributed by atoms with van der Waals surface area (Å²) in [6.45, 7) is 8.15. The van der Waals surface area contributed by atoms with Gasteiger partial charge in [0, 0.05) is 24.7 Å². The van der Waals surface area contributed by atoms with Crippen molar-refractivity contribution in [3.63, 3.8) is 0 Å². The number of carboxylic acid groups (broad SMARTS) is 1. The van der Waals surface area contributed by atoms with E-state index in [4.69, 9.17) is 5.11 Å². The van der Waals surface area contributed by atoms with Crippen LogP contribution in [0, 0.1) is 19.8 Å². The Hall–Kier alpha value is -1.85. The molecule has 0 bridgehead atoms. The lowest BCUT2D eigenvalue weighted by atomic mass is 10.0. The number of aromatic nitrogens is 2. The second-order valence-electron chi connectivity index (χ2n) is 5.42. The van der Waals surface area contributed by atoms with E-state index in [1.54, 1.807) is 4.68 Å². The molecule has 0 aliphatic heterocycles. The molecule has 1 atom stereocenters. The van der Waals surface area contributed by atoms with E-state index < -0.39 is 5.97 Å². The molecule has 0 aromatic carbocycles. The number of aryl methyl sites for hydroxylation is 3. The molecule has 1 aromatic heterocycles. The van der Waals surface area contributed by atoms with Gasteiger partial charge in [0.2, 0.25) is 5.91 Å². The van der Waals surface area contributed by atoms with Gasteiger partial charge in [0.25, 0.3) is 0 Å². The minimum Gasteiger partial charge on any atom is -0.481 e. The third-order valence-corrected chi connectivity index (χ3v) is 3.20. The number of nitrogens with one attached hydrogen (secondary N) is 1. The molecule has 6 nitrogen and oxygen atoms in total. The zero-order chi connectivity index (χ0) is 15.3. The van der Waals surface area contributed by atoms with Gasteiger partial charge in [-0.3, -0.25) is 14.3 Å². The molecule has 1 rings (SSSR count). The number of carboxylic acids is 1. The highest BCUT2D eigenvalue weighted by Crippen LogP contribution is 2.07. The van der Waals surface area contributed by atoms with Gasteiger partial charge >= 0.3 is 5.97 Å². The first-order valence-corrected chi connectivity index (χ1v) is 6.81. The lowest BCUT2D eigenvalue weighted by Gasteiger charge is -2.20. The molecule has 0 saturated carbocycles. The van der Waals surface area contributed by atoms with Gasteiger partial charge in [-0.1, -0.05) is 13.8 Å². The average Bonchev–Trinajstić information content (AvgIpc) is 2.63. The molecule has 1 aromatic rings. The van der Waals surface area contributed by atoms with Crippen LogP contribution in [0.15, 0.2) is 6.07 Å². The molecular weight excluding hydrogens is 258 g/mol. The van der Waals surface area contributed by atoms with E-state index in [1.807, 2.05) is 33.8 Å². The van der Waals surface area contributed by atoms with Crippen molar-refractivity contribution in [2.24, 2.45) is 5.92 Å². The lowest BCUT2D eigenvalue weighted by Crippen LogP contribution is -2.40. The van der Waals surface area contributed by atoms with Gasteiger partial charge in [-0.2, -0.15) is 5.10 Å². The van der Waals surface area contributed by atoms with Gasteiger partial charge in [0.05, 0.1) is 12.1 Å². The largest absolute Gasteiger partial charge is 0.481 e. The van der Waals surface area contributed by atoms with Crippen molar-refractivity contribution in [3.8, 4) is 0 Å². The van der Waals surface area contributed by atoms with Gasteiger partial charge in [-0.25, -0.2) is 0 Å². The SMILES string of the molecule is Cc1cc(C)n(CCC(=O)NC(CC(=O)O)C(C)C)n1. The highest BCUT2D eigenvalue weighted by molar-refractivity contribution is 5.77. The summed E-state index contributed by atoms with van der Waals surface area (Å²) in [5.41, 5.74) is 1.94. The van der Waals surface area contributed by atoms with Crippen LogP contribution in [0.5, 0.6) is 0 Å². The molecule has 0 radical (unpaired) electrons. The molecule has 1 unspecified atom stereocenters. The predicted molar refractivity (Wildman–Crippen MR) is 75.3 cm³/mol. The highest BCUT2D eigenvalue weighted by Gasteiger charge is 2.19. The van der Waals surface area contributed by atoms with Crippen LogP contribution in [0.1, 0.15) is 38.1 Å². The number of hydrogen-bond donors (Lipinski definition) is 2. The highest BCUT2D eigenvalue weighted by atomic mass is 16.4. The summed E-state index contributed by atoms with van der Waals surface area (Å²) in [5, 5.41) is 15.9. The fraction of sp³-hybridized carbons (Fsp3) is 0.643. The average molecular weight is 281 g/mol. The van der Waals surface area contributed by atoms with Gasteiger partial charge in [-0.05, 0) is 25.8 Å². The molecule has 112 valence electrons. The van der Waals surface area contributed by atoms with Crippen molar-refractivity contribution in [2.75, 3.05) is 0 Å². The Morgan fingerprint density at radius 1 is 1.40 bits per heavy atom. The summed E-state index contributed by atoms with van der Waals surface area (Å²) in [5.74, 6) is -0.955. The number of aliphatic carboxylic acids is 1. The van der Waals surface area contributed by atoms with Gasteiger partial charge in [0.15, 0.2) is 0 Å². The lowest BCUT2D eigenvalue weighted by molar-refractivity contribution is -0.138. The zero-order valence-electron chi connectivity index (χ0n) is 12.5. The van der Waals surface area contributed by atoms with Crippen molar-refractivity contribution in [1.29, 1.82) is 0 Å². The summed E-state index contributed by atoms with van der Waals surface area (Å²) >= 11 is 0. The Morgan fingerprint density at radius 3 is 2.50 bits per heavy atom. The smallest absolute Gasteiger partial charge is 0.305 e. The molecule has 0 aliphatic rings. The minimum atomic E-state index is -0.900. The van der Waals surface area contributed by atoms with Crippen molar-refractivity contribution in [1.82, 2.24) is 15.1 Å². The monoisotopic (exact) mass is 281 g/mol. The molecule has 0 saturated heterocycles. The van der Waals surface area contributed by atoms with Crippen LogP contribution >= 0.6 is 0 Å². The van der Waals surface area contributed by atoms with Crippen LogP contribution in [0.25, 0.3) is 0 Å². The van der Waals surface area contributed by atoms with Crippen LogP contribution in [-0.2, 0) is 16.1 Å². The number of carbonyl (C=O) groups excluding carboxylic acids is 1. The fourth-order valence-electron chi connectivity index (χ4n) is 2.03. The van der Waals surface area contributed by atoms with Gasteiger partial charge in [0.1, 0.15) is 0 Å². The maximum absolute atomic E-state index is 11.9. The summed E-state index contributed by atoms with van der Waals surface area (Å²) in [4.78, 5) is 22.6. The zero-order valence-corrected chi connectivity index (χ0v) is 12.5. The molecule has 2 N–H and O–H groups in total. The van der Waals surface area contributed by atoms with Crippen LogP contribution < -0.4 is 5.32 Å². The molecule has 1 heterocycles. The summed E-state index contributed by atoms with van der Waals surface area (Å²) < 4.78 is 1.79. The molecule has 6 heteroatoms. The topological polar surface area (TPSA) is 84.2 Å². The fourth-order valence-corrected chi connectivity index (χ4v) is 2.03. The van der Waals surface area contributed by atoms with Crippen molar-refractivity contribution in [2.45, 2.75) is 53.1 Å². The van der Waals surface area contributed by atoms with Gasteiger partial charge < -0.3 is 10.4 Å². The Morgan fingerprint density at radius 2 is 2.05 bits per heavy atom. The molecule has 0 spiro atoms. The number of carbonyl (C=O) groups is 2. The number of hydrogen-bond acceptors (Lipinski definition) is 3. The maximum Gasteiger partial charge on any atom is 0.305 e. The van der Waals surface area contributed by atoms with E-state index in [0.29, 0.717) is 13.0 Å². The normalized spacial score (nSPS) is 12.4. The predicted octanol–water partition coefficient (Wildman–Crippen LogP) is 1.51.